The number of rotatable bonds is 8. The molecule has 1 aliphatic heterocycles. The highest BCUT2D eigenvalue weighted by atomic mass is 35.5. The Labute approximate surface area is 290 Å². The molecule has 0 unspecified atom stereocenters. The highest BCUT2D eigenvalue weighted by Gasteiger charge is 2.63. The fraction of sp³-hybridized carbons (Fsp3) is 0.128. The Balaban J connectivity index is 1.11. The maximum Gasteiger partial charge on any atom is 0.273 e. The minimum Gasteiger partial charge on any atom is -0.457 e. The molecule has 0 aromatic heterocycles. The quantitative estimate of drug-likeness (QED) is 0.0734. The van der Waals surface area contributed by atoms with Gasteiger partial charge in [0.1, 0.15) is 18.0 Å². The molecule has 1 heterocycles. The molecule has 2 atom stereocenters. The molecule has 4 aliphatic rings. The van der Waals surface area contributed by atoms with Gasteiger partial charge in [0.25, 0.3) is 23.4 Å². The lowest BCUT2D eigenvalue weighted by atomic mass is 9.55. The number of hydrogen-bond donors (Lipinski definition) is 0. The van der Waals surface area contributed by atoms with E-state index >= 15 is 0 Å². The molecule has 3 amide bonds. The normalized spacial score (nSPS) is 19.7. The lowest BCUT2D eigenvalue weighted by Gasteiger charge is -2.45. The number of hydrazine groups is 1. The van der Waals surface area contributed by atoms with Gasteiger partial charge < -0.3 is 4.74 Å². The molecule has 10 nitrogen and oxygen atoms in total. The van der Waals surface area contributed by atoms with E-state index in [1.807, 2.05) is 48.5 Å². The Kier molecular flexibility index (Phi) is 7.53. The standard InChI is InChI=1S/C39H26ClN3O7/c40-24-13-9-23(10-14-24)37(45)41(21-32(44)22-11-17-26(18-12-22)50-27-19-15-25(16-20-27)43(48)49)42-38(46)35-33-28-5-1-2-6-29(28)34(36(35)39(42)47)31-8-4-3-7-30(31)33/h1-20,33-36H,21H2/t33?,34?,35-,36-/m0/s1. The van der Waals surface area contributed by atoms with Crippen molar-refractivity contribution in [3.05, 3.63) is 170 Å². The van der Waals surface area contributed by atoms with Crippen molar-refractivity contribution in [2.24, 2.45) is 11.8 Å². The predicted molar refractivity (Wildman–Crippen MR) is 182 cm³/mol. The first-order chi connectivity index (χ1) is 24.2. The number of carbonyl (C=O) groups is 4. The maximum absolute atomic E-state index is 14.5. The molecule has 0 saturated carbocycles. The van der Waals surface area contributed by atoms with Gasteiger partial charge in [-0.1, -0.05) is 60.1 Å². The number of amides is 3. The van der Waals surface area contributed by atoms with Crippen LogP contribution in [0.1, 0.15) is 54.8 Å². The molecule has 5 aromatic carbocycles. The first-order valence-electron chi connectivity index (χ1n) is 15.9. The van der Waals surface area contributed by atoms with Crippen LogP contribution in [0.4, 0.5) is 5.69 Å². The van der Waals surface area contributed by atoms with Crippen molar-refractivity contribution in [2.45, 2.75) is 11.8 Å². The Hall–Kier alpha value is -6.13. The highest BCUT2D eigenvalue weighted by molar-refractivity contribution is 6.30. The largest absolute Gasteiger partial charge is 0.457 e. The SMILES string of the molecule is O=C(CN(C(=O)c1ccc(Cl)cc1)N1C(=O)[C@H]2C3c4ccccc4C(c4ccccc43)[C@@H]2C1=O)c1ccc(Oc2ccc([N+](=O)[O-])cc2)cc1. The highest BCUT2D eigenvalue weighted by Crippen LogP contribution is 2.61. The van der Waals surface area contributed by atoms with Gasteiger partial charge in [-0.25, -0.2) is 5.01 Å². The van der Waals surface area contributed by atoms with Crippen molar-refractivity contribution in [1.82, 2.24) is 10.0 Å². The predicted octanol–water partition coefficient (Wildman–Crippen LogP) is 7.17. The lowest BCUT2D eigenvalue weighted by Crippen LogP contribution is -2.52. The van der Waals surface area contributed by atoms with Crippen molar-refractivity contribution >= 4 is 40.8 Å². The molecule has 0 spiro atoms. The van der Waals surface area contributed by atoms with Crippen molar-refractivity contribution in [3.63, 3.8) is 0 Å². The van der Waals surface area contributed by atoms with E-state index in [-0.39, 0.29) is 28.7 Å². The topological polar surface area (TPSA) is 127 Å². The van der Waals surface area contributed by atoms with E-state index in [2.05, 4.69) is 0 Å². The van der Waals surface area contributed by atoms with Crippen molar-refractivity contribution in [1.29, 1.82) is 0 Å². The lowest BCUT2D eigenvalue weighted by molar-refractivity contribution is -0.384. The molecule has 1 fully saturated rings. The Bertz CT molecular complexity index is 2100. The molecule has 0 radical (unpaired) electrons. The van der Waals surface area contributed by atoms with Crippen LogP contribution in [0.2, 0.25) is 5.02 Å². The van der Waals surface area contributed by atoms with Crippen LogP contribution in [-0.2, 0) is 9.59 Å². The van der Waals surface area contributed by atoms with Crippen LogP contribution < -0.4 is 4.74 Å². The monoisotopic (exact) mass is 683 g/mol. The Morgan fingerprint density at radius 1 is 0.680 bits per heavy atom. The van der Waals surface area contributed by atoms with E-state index in [0.29, 0.717) is 16.5 Å². The fourth-order valence-electron chi connectivity index (χ4n) is 7.58. The second-order valence-corrected chi connectivity index (χ2v) is 12.9. The summed E-state index contributed by atoms with van der Waals surface area (Å²) >= 11 is 6.09. The molecular formula is C39H26ClN3O7. The molecular weight excluding hydrogens is 658 g/mol. The van der Waals surface area contributed by atoms with Crippen molar-refractivity contribution < 1.29 is 28.8 Å². The third-order valence-electron chi connectivity index (χ3n) is 9.75. The van der Waals surface area contributed by atoms with E-state index in [1.54, 1.807) is 12.1 Å². The summed E-state index contributed by atoms with van der Waals surface area (Å²) in [5, 5.41) is 13.2. The number of halogens is 1. The van der Waals surface area contributed by atoms with Crippen molar-refractivity contribution in [3.8, 4) is 11.5 Å². The van der Waals surface area contributed by atoms with E-state index < -0.39 is 46.8 Å². The second kappa shape index (κ2) is 12.1. The summed E-state index contributed by atoms with van der Waals surface area (Å²) in [7, 11) is 0. The average Bonchev–Trinajstić information content (AvgIpc) is 3.40. The van der Waals surface area contributed by atoms with Gasteiger partial charge in [0.2, 0.25) is 0 Å². The van der Waals surface area contributed by atoms with Gasteiger partial charge in [0.05, 0.1) is 16.8 Å². The summed E-state index contributed by atoms with van der Waals surface area (Å²) in [4.78, 5) is 67.5. The van der Waals surface area contributed by atoms with Crippen LogP contribution in [0.25, 0.3) is 0 Å². The van der Waals surface area contributed by atoms with Gasteiger partial charge in [0, 0.05) is 40.1 Å². The molecule has 5 aromatic rings. The minimum atomic E-state index is -0.747. The van der Waals surface area contributed by atoms with Crippen LogP contribution in [0.3, 0.4) is 0 Å². The Morgan fingerprint density at radius 2 is 1.12 bits per heavy atom. The number of carbonyl (C=O) groups excluding carboxylic acids is 4. The molecule has 2 bridgehead atoms. The fourth-order valence-corrected chi connectivity index (χ4v) is 7.71. The number of Topliss-reactive ketones (excluding diaryl/α,β-unsaturated/α-hetero) is 1. The van der Waals surface area contributed by atoms with Crippen molar-refractivity contribution in [2.75, 3.05) is 6.54 Å². The van der Waals surface area contributed by atoms with E-state index in [1.165, 1.54) is 60.7 Å². The summed E-state index contributed by atoms with van der Waals surface area (Å²) in [6.45, 7) is -0.587. The number of ketones is 1. The maximum atomic E-state index is 14.5. The molecule has 0 N–H and O–H groups in total. The number of non-ortho nitro benzene ring substituents is 1. The van der Waals surface area contributed by atoms with E-state index in [0.717, 1.165) is 32.3 Å². The average molecular weight is 684 g/mol. The third kappa shape index (κ3) is 5.03. The van der Waals surface area contributed by atoms with Gasteiger partial charge in [-0.15, -0.1) is 0 Å². The van der Waals surface area contributed by atoms with Crippen LogP contribution in [0.5, 0.6) is 11.5 Å². The zero-order valence-corrected chi connectivity index (χ0v) is 26.9. The number of nitrogens with zero attached hydrogens (tertiary/aromatic N) is 3. The number of nitro groups is 1. The molecule has 246 valence electrons. The number of nitro benzene ring substituents is 1. The Morgan fingerprint density at radius 3 is 1.58 bits per heavy atom. The van der Waals surface area contributed by atoms with Gasteiger partial charge in [-0.05, 0) is 82.9 Å². The number of ether oxygens (including phenoxy) is 1. The summed E-state index contributed by atoms with van der Waals surface area (Å²) in [6.07, 6.45) is 0. The molecule has 3 aliphatic carbocycles. The van der Waals surface area contributed by atoms with Gasteiger partial charge in [-0.2, -0.15) is 5.01 Å². The summed E-state index contributed by atoms with van der Waals surface area (Å²) < 4.78 is 5.77. The molecule has 9 rings (SSSR count). The van der Waals surface area contributed by atoms with E-state index in [9.17, 15) is 29.3 Å². The summed E-state index contributed by atoms with van der Waals surface area (Å²) in [5.74, 6) is -3.80. The van der Waals surface area contributed by atoms with Gasteiger partial charge in [0.15, 0.2) is 5.78 Å². The molecule has 11 heteroatoms. The molecule has 50 heavy (non-hydrogen) atoms. The summed E-state index contributed by atoms with van der Waals surface area (Å²) in [5.41, 5.74) is 4.25. The zero-order chi connectivity index (χ0) is 34.7. The van der Waals surface area contributed by atoms with Crippen LogP contribution >= 0.6 is 11.6 Å². The van der Waals surface area contributed by atoms with Gasteiger partial charge in [-0.3, -0.25) is 29.3 Å². The van der Waals surface area contributed by atoms with Crippen LogP contribution in [0.15, 0.2) is 121 Å². The van der Waals surface area contributed by atoms with Gasteiger partial charge >= 0.3 is 0 Å². The first-order valence-corrected chi connectivity index (χ1v) is 16.3. The number of benzene rings is 5. The zero-order valence-electron chi connectivity index (χ0n) is 26.1. The van der Waals surface area contributed by atoms with E-state index in [4.69, 9.17) is 16.3 Å². The van der Waals surface area contributed by atoms with Crippen LogP contribution in [0, 0.1) is 22.0 Å². The number of imide groups is 1. The molecule has 1 saturated heterocycles. The third-order valence-corrected chi connectivity index (χ3v) is 10.00. The summed E-state index contributed by atoms with van der Waals surface area (Å²) in [6, 6.07) is 33.4. The number of hydrogen-bond acceptors (Lipinski definition) is 7. The minimum absolute atomic E-state index is 0.0769. The van der Waals surface area contributed by atoms with Crippen LogP contribution in [-0.4, -0.2) is 45.0 Å². The smallest absolute Gasteiger partial charge is 0.273 e. The second-order valence-electron chi connectivity index (χ2n) is 12.4. The first kappa shape index (κ1) is 31.2.